The Labute approximate surface area is 166 Å². The number of carbonyl (C=O) groups is 2. The van der Waals surface area contributed by atoms with Crippen molar-refractivity contribution in [2.75, 3.05) is 6.54 Å². The lowest BCUT2D eigenvalue weighted by Crippen LogP contribution is -2.48. The van der Waals surface area contributed by atoms with E-state index in [2.05, 4.69) is 5.32 Å². The van der Waals surface area contributed by atoms with Crippen LogP contribution < -0.4 is 5.32 Å². The van der Waals surface area contributed by atoms with E-state index in [1.807, 2.05) is 50.2 Å². The Hall–Kier alpha value is -2.33. The van der Waals surface area contributed by atoms with Crippen molar-refractivity contribution in [3.63, 3.8) is 0 Å². The van der Waals surface area contributed by atoms with Gasteiger partial charge in [0.15, 0.2) is 0 Å². The first-order valence-electron chi connectivity index (χ1n) is 9.28. The Morgan fingerprint density at radius 2 is 1.81 bits per heavy atom. The van der Waals surface area contributed by atoms with Gasteiger partial charge >= 0.3 is 0 Å². The van der Waals surface area contributed by atoms with E-state index >= 15 is 0 Å². The lowest BCUT2D eigenvalue weighted by Gasteiger charge is -2.29. The summed E-state index contributed by atoms with van der Waals surface area (Å²) in [4.78, 5) is 27.1. The van der Waals surface area contributed by atoms with Crippen LogP contribution in [0.25, 0.3) is 0 Å². The molecule has 1 N–H and O–H groups in total. The van der Waals surface area contributed by atoms with Gasteiger partial charge in [0.2, 0.25) is 11.8 Å². The maximum Gasteiger partial charge on any atom is 0.242 e. The molecule has 0 aliphatic carbocycles. The van der Waals surface area contributed by atoms with Gasteiger partial charge in [-0.3, -0.25) is 9.59 Å². The normalized spacial score (nSPS) is 11.7. The second-order valence-electron chi connectivity index (χ2n) is 6.78. The number of nitrogens with zero attached hydrogens (tertiary/aromatic N) is 1. The first-order valence-corrected chi connectivity index (χ1v) is 9.65. The first kappa shape index (κ1) is 21.0. The van der Waals surface area contributed by atoms with E-state index in [0.717, 1.165) is 23.1 Å². The van der Waals surface area contributed by atoms with Gasteiger partial charge in [0.25, 0.3) is 0 Å². The van der Waals surface area contributed by atoms with Gasteiger partial charge in [-0.15, -0.1) is 0 Å². The molecule has 0 radical (unpaired) electrons. The molecule has 2 aromatic carbocycles. The fourth-order valence-electron chi connectivity index (χ4n) is 2.86. The molecule has 0 heterocycles. The smallest absolute Gasteiger partial charge is 0.242 e. The second-order valence-corrected chi connectivity index (χ2v) is 7.22. The molecule has 0 fully saturated rings. The molecule has 0 saturated carbocycles. The van der Waals surface area contributed by atoms with Crippen LogP contribution in [-0.2, 0) is 22.6 Å². The van der Waals surface area contributed by atoms with Crippen molar-refractivity contribution in [2.45, 2.75) is 46.2 Å². The molecular formula is C22H27ClN2O2. The predicted octanol–water partition coefficient (Wildman–Crippen LogP) is 4.13. The third-order valence-electron chi connectivity index (χ3n) is 4.42. The third-order valence-corrected chi connectivity index (χ3v) is 4.67. The molecule has 0 saturated heterocycles. The number of benzene rings is 2. The van der Waals surface area contributed by atoms with Crippen LogP contribution in [-0.4, -0.2) is 29.3 Å². The minimum Gasteiger partial charge on any atom is -0.354 e. The van der Waals surface area contributed by atoms with Crippen LogP contribution in [0.1, 0.15) is 37.0 Å². The molecule has 144 valence electrons. The summed E-state index contributed by atoms with van der Waals surface area (Å²) in [5.41, 5.74) is 3.01. The van der Waals surface area contributed by atoms with E-state index in [1.54, 1.807) is 24.0 Å². The van der Waals surface area contributed by atoms with Crippen molar-refractivity contribution >= 4 is 23.4 Å². The van der Waals surface area contributed by atoms with E-state index in [-0.39, 0.29) is 18.2 Å². The maximum absolute atomic E-state index is 13.0. The highest BCUT2D eigenvalue weighted by Crippen LogP contribution is 2.15. The van der Waals surface area contributed by atoms with Gasteiger partial charge in [0.1, 0.15) is 6.04 Å². The Morgan fingerprint density at radius 3 is 2.44 bits per heavy atom. The number of amides is 2. The fraction of sp³-hybridized carbons (Fsp3) is 0.364. The molecule has 2 amide bonds. The minimum atomic E-state index is -0.545. The highest BCUT2D eigenvalue weighted by molar-refractivity contribution is 6.30. The second kappa shape index (κ2) is 10.1. The van der Waals surface area contributed by atoms with E-state index in [1.165, 1.54) is 0 Å². The van der Waals surface area contributed by atoms with Crippen molar-refractivity contribution in [3.05, 3.63) is 70.2 Å². The zero-order valence-corrected chi connectivity index (χ0v) is 16.9. The van der Waals surface area contributed by atoms with Crippen LogP contribution in [0, 0.1) is 6.92 Å². The number of carbonyl (C=O) groups excluding carboxylic acids is 2. The molecule has 2 aromatic rings. The molecule has 2 rings (SSSR count). The Morgan fingerprint density at radius 1 is 1.11 bits per heavy atom. The molecule has 27 heavy (non-hydrogen) atoms. The summed E-state index contributed by atoms with van der Waals surface area (Å²) in [6, 6.07) is 14.7. The summed E-state index contributed by atoms with van der Waals surface area (Å²) >= 11 is 5.93. The Bertz CT molecular complexity index is 774. The lowest BCUT2D eigenvalue weighted by molar-refractivity contribution is -0.140. The summed E-state index contributed by atoms with van der Waals surface area (Å²) in [5.74, 6) is -0.216. The molecule has 0 aliphatic heterocycles. The van der Waals surface area contributed by atoms with Gasteiger partial charge < -0.3 is 10.2 Å². The molecule has 4 nitrogen and oxygen atoms in total. The number of nitrogens with one attached hydrogen (secondary N) is 1. The highest BCUT2D eigenvalue weighted by Gasteiger charge is 2.26. The van der Waals surface area contributed by atoms with Gasteiger partial charge in [-0.1, -0.05) is 60.5 Å². The van der Waals surface area contributed by atoms with Crippen LogP contribution in [0.15, 0.2) is 48.5 Å². The Balaban J connectivity index is 2.20. The monoisotopic (exact) mass is 386 g/mol. The van der Waals surface area contributed by atoms with Crippen molar-refractivity contribution in [3.8, 4) is 0 Å². The number of halogens is 1. The number of hydrogen-bond donors (Lipinski definition) is 1. The predicted molar refractivity (Wildman–Crippen MR) is 110 cm³/mol. The molecule has 1 atom stereocenters. The lowest BCUT2D eigenvalue weighted by atomic mass is 10.1. The largest absolute Gasteiger partial charge is 0.354 e. The van der Waals surface area contributed by atoms with Crippen molar-refractivity contribution in [2.24, 2.45) is 0 Å². The maximum atomic E-state index is 13.0. The standard InChI is InChI=1S/C22H27ClN2O2/c1-4-12-24-22(27)17(3)25(15-19-7-5-6-16(2)13-19)21(26)14-18-8-10-20(23)11-9-18/h5-11,13,17H,4,12,14-15H2,1-3H3,(H,24,27)/t17-/m0/s1. The summed E-state index contributed by atoms with van der Waals surface area (Å²) in [5, 5.41) is 3.52. The average Bonchev–Trinajstić information content (AvgIpc) is 2.65. The summed E-state index contributed by atoms with van der Waals surface area (Å²) in [6.07, 6.45) is 1.09. The SMILES string of the molecule is CCCNC(=O)[C@H](C)N(Cc1cccc(C)c1)C(=O)Cc1ccc(Cl)cc1. The van der Waals surface area contributed by atoms with Gasteiger partial charge in [0.05, 0.1) is 6.42 Å². The zero-order valence-electron chi connectivity index (χ0n) is 16.2. The van der Waals surface area contributed by atoms with Crippen molar-refractivity contribution in [1.29, 1.82) is 0 Å². The highest BCUT2D eigenvalue weighted by atomic mass is 35.5. The van der Waals surface area contributed by atoms with Crippen molar-refractivity contribution in [1.82, 2.24) is 10.2 Å². The quantitative estimate of drug-likeness (QED) is 0.741. The van der Waals surface area contributed by atoms with E-state index in [4.69, 9.17) is 11.6 Å². The van der Waals surface area contributed by atoms with Gasteiger partial charge in [0, 0.05) is 18.1 Å². The summed E-state index contributed by atoms with van der Waals surface area (Å²) in [6.45, 7) is 6.80. The Kier molecular flexibility index (Phi) is 7.86. The van der Waals surface area contributed by atoms with E-state index < -0.39 is 6.04 Å². The summed E-state index contributed by atoms with van der Waals surface area (Å²) < 4.78 is 0. The van der Waals surface area contributed by atoms with Gasteiger partial charge in [-0.05, 0) is 43.5 Å². The number of rotatable bonds is 8. The third kappa shape index (κ3) is 6.40. The van der Waals surface area contributed by atoms with Gasteiger partial charge in [-0.2, -0.15) is 0 Å². The molecule has 0 aromatic heterocycles. The van der Waals surface area contributed by atoms with Crippen molar-refractivity contribution < 1.29 is 9.59 Å². The number of aryl methyl sites for hydroxylation is 1. The minimum absolute atomic E-state index is 0.0852. The topological polar surface area (TPSA) is 49.4 Å². The van der Waals surface area contributed by atoms with E-state index in [9.17, 15) is 9.59 Å². The first-order chi connectivity index (χ1) is 12.9. The molecule has 0 aliphatic rings. The molecule has 0 bridgehead atoms. The zero-order chi connectivity index (χ0) is 19.8. The average molecular weight is 387 g/mol. The van der Waals surface area contributed by atoms with Crippen LogP contribution >= 0.6 is 11.6 Å². The van der Waals surface area contributed by atoms with Gasteiger partial charge in [-0.25, -0.2) is 0 Å². The molecule has 0 unspecified atom stereocenters. The fourth-order valence-corrected chi connectivity index (χ4v) is 2.99. The van der Waals surface area contributed by atoms with Crippen LogP contribution in [0.5, 0.6) is 0 Å². The van der Waals surface area contributed by atoms with Crippen LogP contribution in [0.2, 0.25) is 5.02 Å². The molecule has 5 heteroatoms. The van der Waals surface area contributed by atoms with E-state index in [0.29, 0.717) is 18.1 Å². The van der Waals surface area contributed by atoms with Crippen LogP contribution in [0.3, 0.4) is 0 Å². The number of hydrogen-bond acceptors (Lipinski definition) is 2. The van der Waals surface area contributed by atoms with Crippen LogP contribution in [0.4, 0.5) is 0 Å². The molecule has 0 spiro atoms. The summed E-state index contributed by atoms with van der Waals surface area (Å²) in [7, 11) is 0. The molecular weight excluding hydrogens is 360 g/mol.